The number of allylic oxidation sites excluding steroid dienone is 1. The Labute approximate surface area is 176 Å². The minimum Gasteiger partial charge on any atom is -0.497 e. The van der Waals surface area contributed by atoms with Crippen LogP contribution in [0.3, 0.4) is 0 Å². The zero-order valence-electron chi connectivity index (χ0n) is 15.9. The zero-order valence-corrected chi connectivity index (χ0v) is 17.6. The van der Waals surface area contributed by atoms with E-state index in [0.29, 0.717) is 34.2 Å². The fourth-order valence-electron chi connectivity index (χ4n) is 2.45. The summed E-state index contributed by atoms with van der Waals surface area (Å²) in [5.74, 6) is 1.98. The van der Waals surface area contributed by atoms with Gasteiger partial charge in [-0.05, 0) is 19.1 Å². The van der Waals surface area contributed by atoms with Gasteiger partial charge < -0.3 is 9.47 Å². The van der Waals surface area contributed by atoms with Crippen LogP contribution in [0.25, 0.3) is 0 Å². The number of rotatable bonds is 10. The molecule has 9 nitrogen and oxygen atoms in total. The summed E-state index contributed by atoms with van der Waals surface area (Å²) in [7, 11) is 1.61. The number of hydrogen-bond donors (Lipinski definition) is 1. The van der Waals surface area contributed by atoms with Gasteiger partial charge in [0, 0.05) is 12.6 Å². The van der Waals surface area contributed by atoms with Gasteiger partial charge in [0.25, 0.3) is 0 Å². The number of nitrogens with one attached hydrogen (secondary N) is 1. The highest BCUT2D eigenvalue weighted by atomic mass is 32.2. The number of aromatic nitrogens is 5. The van der Waals surface area contributed by atoms with E-state index in [1.165, 1.54) is 23.1 Å². The third-order valence-electron chi connectivity index (χ3n) is 3.71. The fraction of sp³-hybridized carbons (Fsp3) is 0.278. The number of carbonyl (C=O) groups excluding carboxylic acids is 1. The average molecular weight is 433 g/mol. The molecule has 0 saturated heterocycles. The molecular weight excluding hydrogens is 412 g/mol. The second kappa shape index (κ2) is 10.0. The van der Waals surface area contributed by atoms with Crippen LogP contribution in [0.5, 0.6) is 11.5 Å². The van der Waals surface area contributed by atoms with E-state index < -0.39 is 0 Å². The number of ether oxygens (including phenoxy) is 2. The molecular formula is C18H20N6O3S2. The molecule has 0 fully saturated rings. The summed E-state index contributed by atoms with van der Waals surface area (Å²) in [4.78, 5) is 12.1. The lowest BCUT2D eigenvalue weighted by atomic mass is 10.3. The molecule has 29 heavy (non-hydrogen) atoms. The second-order valence-corrected chi connectivity index (χ2v) is 7.54. The molecule has 3 rings (SSSR count). The maximum atomic E-state index is 12.1. The van der Waals surface area contributed by atoms with Crippen LogP contribution in [0, 0.1) is 0 Å². The first-order valence-corrected chi connectivity index (χ1v) is 10.5. The normalized spacial score (nSPS) is 11.7. The van der Waals surface area contributed by atoms with E-state index >= 15 is 0 Å². The molecule has 0 aliphatic carbocycles. The molecule has 1 aromatic carbocycles. The van der Waals surface area contributed by atoms with Crippen molar-refractivity contribution < 1.29 is 14.3 Å². The van der Waals surface area contributed by atoms with Crippen LogP contribution in [0.15, 0.2) is 47.6 Å². The molecule has 0 aliphatic rings. The van der Waals surface area contributed by atoms with Crippen LogP contribution < -0.4 is 14.8 Å². The van der Waals surface area contributed by atoms with Crippen molar-refractivity contribution in [3.63, 3.8) is 0 Å². The predicted octanol–water partition coefficient (Wildman–Crippen LogP) is 3.20. The summed E-state index contributed by atoms with van der Waals surface area (Å²) in [6.07, 6.45) is 1.38. The van der Waals surface area contributed by atoms with Crippen LogP contribution in [-0.4, -0.2) is 43.7 Å². The van der Waals surface area contributed by atoms with Gasteiger partial charge in [0.1, 0.15) is 17.0 Å². The molecule has 0 saturated carbocycles. The smallest absolute Gasteiger partial charge is 0.236 e. The van der Waals surface area contributed by atoms with Crippen LogP contribution >= 0.6 is 23.1 Å². The van der Waals surface area contributed by atoms with Crippen molar-refractivity contribution in [2.24, 2.45) is 0 Å². The Morgan fingerprint density at radius 2 is 2.21 bits per heavy atom. The van der Waals surface area contributed by atoms with Gasteiger partial charge in [-0.1, -0.05) is 35.2 Å². The Morgan fingerprint density at radius 3 is 2.93 bits per heavy atom. The van der Waals surface area contributed by atoms with Gasteiger partial charge in [-0.15, -0.1) is 27.0 Å². The van der Waals surface area contributed by atoms with Crippen molar-refractivity contribution in [3.8, 4) is 11.5 Å². The van der Waals surface area contributed by atoms with Crippen LogP contribution in [0.2, 0.25) is 0 Å². The highest BCUT2D eigenvalue weighted by Gasteiger charge is 2.20. The quantitative estimate of drug-likeness (QED) is 0.385. The summed E-state index contributed by atoms with van der Waals surface area (Å²) >= 11 is 2.54. The number of carbonyl (C=O) groups is 1. The third kappa shape index (κ3) is 5.55. The van der Waals surface area contributed by atoms with Crippen molar-refractivity contribution in [2.45, 2.75) is 24.7 Å². The third-order valence-corrected chi connectivity index (χ3v) is 5.29. The molecule has 1 amide bonds. The lowest BCUT2D eigenvalue weighted by Crippen LogP contribution is -2.15. The summed E-state index contributed by atoms with van der Waals surface area (Å²) in [6, 6.07) is 7.35. The number of benzene rings is 1. The molecule has 3 aromatic rings. The van der Waals surface area contributed by atoms with Gasteiger partial charge in [-0.25, -0.2) is 0 Å². The molecule has 1 N–H and O–H groups in total. The molecule has 152 valence electrons. The number of nitrogens with zero attached hydrogens (tertiary/aromatic N) is 5. The Kier molecular flexibility index (Phi) is 7.19. The number of amides is 1. The Hall–Kier alpha value is -2.92. The lowest BCUT2D eigenvalue weighted by molar-refractivity contribution is -0.113. The first-order chi connectivity index (χ1) is 14.1. The van der Waals surface area contributed by atoms with Gasteiger partial charge in [-0.3, -0.25) is 14.7 Å². The molecule has 0 bridgehead atoms. The summed E-state index contributed by atoms with van der Waals surface area (Å²) in [6.45, 7) is 6.18. The van der Waals surface area contributed by atoms with Gasteiger partial charge in [0.05, 0.1) is 12.9 Å². The summed E-state index contributed by atoms with van der Waals surface area (Å²) < 4.78 is 13.1. The standard InChI is InChI=1S/C18H20N6O3S2/c1-4-8-24-16(12(2)27-14-7-5-6-13(9-14)26-3)21-23-18(24)28-10-15(25)20-17-22-19-11-29-17/h4-7,9,11-12H,1,8,10H2,2-3H3,(H,20,22,25). The first kappa shape index (κ1) is 20.8. The molecule has 0 radical (unpaired) electrons. The van der Waals surface area contributed by atoms with Gasteiger partial charge in [0.15, 0.2) is 17.1 Å². The van der Waals surface area contributed by atoms with Crippen molar-refractivity contribution >= 4 is 34.1 Å². The Balaban J connectivity index is 1.68. The highest BCUT2D eigenvalue weighted by Crippen LogP contribution is 2.27. The number of anilines is 1. The van der Waals surface area contributed by atoms with Crippen molar-refractivity contribution in [1.82, 2.24) is 25.0 Å². The Bertz CT molecular complexity index is 960. The van der Waals surface area contributed by atoms with E-state index in [4.69, 9.17) is 9.47 Å². The average Bonchev–Trinajstić information content (AvgIpc) is 3.37. The van der Waals surface area contributed by atoms with Gasteiger partial charge >= 0.3 is 0 Å². The van der Waals surface area contributed by atoms with E-state index in [9.17, 15) is 4.79 Å². The first-order valence-electron chi connectivity index (χ1n) is 8.64. The predicted molar refractivity (Wildman–Crippen MR) is 112 cm³/mol. The molecule has 1 unspecified atom stereocenters. The van der Waals surface area contributed by atoms with Crippen molar-refractivity contribution in [2.75, 3.05) is 18.2 Å². The molecule has 1 atom stereocenters. The zero-order chi connectivity index (χ0) is 20.6. The maximum absolute atomic E-state index is 12.1. The van der Waals surface area contributed by atoms with E-state index in [1.54, 1.807) is 24.8 Å². The largest absolute Gasteiger partial charge is 0.497 e. The number of thioether (sulfide) groups is 1. The SMILES string of the molecule is C=CCn1c(SCC(=O)Nc2nncs2)nnc1C(C)Oc1cccc(OC)c1. The lowest BCUT2D eigenvalue weighted by Gasteiger charge is -2.16. The van der Waals surface area contributed by atoms with E-state index in [1.807, 2.05) is 29.7 Å². The second-order valence-electron chi connectivity index (χ2n) is 5.76. The molecule has 2 aromatic heterocycles. The van der Waals surface area contributed by atoms with E-state index in [-0.39, 0.29) is 17.8 Å². The minimum atomic E-state index is -0.362. The van der Waals surface area contributed by atoms with E-state index in [2.05, 4.69) is 32.3 Å². The number of methoxy groups -OCH3 is 1. The summed E-state index contributed by atoms with van der Waals surface area (Å²) in [5.41, 5.74) is 1.56. The van der Waals surface area contributed by atoms with Crippen molar-refractivity contribution in [1.29, 1.82) is 0 Å². The van der Waals surface area contributed by atoms with Crippen molar-refractivity contribution in [3.05, 3.63) is 48.3 Å². The van der Waals surface area contributed by atoms with Crippen LogP contribution in [0.1, 0.15) is 18.9 Å². The minimum absolute atomic E-state index is 0.167. The van der Waals surface area contributed by atoms with E-state index in [0.717, 1.165) is 0 Å². The Morgan fingerprint density at radius 1 is 1.38 bits per heavy atom. The molecule has 11 heteroatoms. The molecule has 2 heterocycles. The molecule has 0 spiro atoms. The molecule has 0 aliphatic heterocycles. The number of hydrogen-bond acceptors (Lipinski definition) is 9. The fourth-order valence-corrected chi connectivity index (χ4v) is 3.67. The van der Waals surface area contributed by atoms with Gasteiger partial charge in [0.2, 0.25) is 11.0 Å². The van der Waals surface area contributed by atoms with Crippen LogP contribution in [0.4, 0.5) is 5.13 Å². The topological polar surface area (TPSA) is 104 Å². The maximum Gasteiger partial charge on any atom is 0.236 e. The van der Waals surface area contributed by atoms with Gasteiger partial charge in [-0.2, -0.15) is 0 Å². The summed E-state index contributed by atoms with van der Waals surface area (Å²) in [5, 5.41) is 19.7. The monoisotopic (exact) mass is 432 g/mol. The van der Waals surface area contributed by atoms with Crippen LogP contribution in [-0.2, 0) is 11.3 Å². The highest BCUT2D eigenvalue weighted by molar-refractivity contribution is 7.99.